The van der Waals surface area contributed by atoms with Gasteiger partial charge in [-0.2, -0.15) is 0 Å². The van der Waals surface area contributed by atoms with Crippen LogP contribution in [0, 0.1) is 10.5 Å². The topological polar surface area (TPSA) is 52.6 Å². The summed E-state index contributed by atoms with van der Waals surface area (Å²) < 4.78 is 10.8. The summed E-state index contributed by atoms with van der Waals surface area (Å²) in [6, 6.07) is 11.7. The Morgan fingerprint density at radius 2 is 1.67 bits per heavy atom. The number of carbonyl (C=O) groups is 2. The number of ether oxygens (including phenoxy) is 2. The minimum Gasteiger partial charge on any atom is -0.465 e. The minimum atomic E-state index is -0.430. The van der Waals surface area contributed by atoms with E-state index in [0.717, 1.165) is 9.13 Å². The van der Waals surface area contributed by atoms with E-state index in [1.165, 1.54) is 7.11 Å². The van der Waals surface area contributed by atoms with Crippen LogP contribution in [0.25, 0.3) is 0 Å². The van der Waals surface area contributed by atoms with Gasteiger partial charge in [-0.1, -0.05) is 12.1 Å². The molecule has 2 aromatic carbocycles. The third-order valence-corrected chi connectivity index (χ3v) is 4.33. The van der Waals surface area contributed by atoms with Gasteiger partial charge >= 0.3 is 11.9 Å². The summed E-state index contributed by atoms with van der Waals surface area (Å²) in [6.07, 6.45) is 0. The van der Waals surface area contributed by atoms with E-state index in [-0.39, 0.29) is 0 Å². The lowest BCUT2D eigenvalue weighted by Gasteiger charge is -2.08. The molecule has 5 heteroatoms. The van der Waals surface area contributed by atoms with Gasteiger partial charge in [-0.3, -0.25) is 0 Å². The van der Waals surface area contributed by atoms with E-state index in [1.54, 1.807) is 30.3 Å². The number of aryl methyl sites for hydroxylation is 1. The first-order valence-corrected chi connectivity index (χ1v) is 7.26. The van der Waals surface area contributed by atoms with Crippen LogP contribution in [0.2, 0.25) is 0 Å². The predicted molar refractivity (Wildman–Crippen MR) is 86.6 cm³/mol. The highest BCUT2D eigenvalue weighted by molar-refractivity contribution is 14.1. The maximum absolute atomic E-state index is 12.1. The molecule has 0 unspecified atom stereocenters. The van der Waals surface area contributed by atoms with Crippen LogP contribution in [0.3, 0.4) is 0 Å². The fourth-order valence-corrected chi connectivity index (χ4v) is 2.32. The summed E-state index contributed by atoms with van der Waals surface area (Å²) >= 11 is 2.12. The molecule has 0 bridgehead atoms. The number of methoxy groups -OCH3 is 1. The van der Waals surface area contributed by atoms with E-state index in [2.05, 4.69) is 27.3 Å². The first kappa shape index (κ1) is 15.5. The van der Waals surface area contributed by atoms with Crippen LogP contribution >= 0.6 is 22.6 Å². The third kappa shape index (κ3) is 3.60. The van der Waals surface area contributed by atoms with Crippen LogP contribution in [-0.4, -0.2) is 19.0 Å². The average molecular weight is 396 g/mol. The minimum absolute atomic E-state index is 0.380. The van der Waals surface area contributed by atoms with Crippen LogP contribution in [0.1, 0.15) is 26.3 Å². The van der Waals surface area contributed by atoms with Crippen LogP contribution in [-0.2, 0) is 4.74 Å². The van der Waals surface area contributed by atoms with Crippen molar-refractivity contribution >= 4 is 34.5 Å². The second-order valence-electron chi connectivity index (χ2n) is 4.34. The SMILES string of the molecule is COC(=O)c1ccc(OC(=O)c2cccc(C)c2I)cc1. The van der Waals surface area contributed by atoms with Crippen molar-refractivity contribution in [2.45, 2.75) is 6.92 Å². The molecule has 0 atom stereocenters. The van der Waals surface area contributed by atoms with Gasteiger partial charge in [0.25, 0.3) is 0 Å². The average Bonchev–Trinajstić information content (AvgIpc) is 2.50. The molecule has 0 saturated carbocycles. The maximum Gasteiger partial charge on any atom is 0.344 e. The lowest BCUT2D eigenvalue weighted by molar-refractivity contribution is 0.0600. The summed E-state index contributed by atoms with van der Waals surface area (Å²) in [5.41, 5.74) is 1.95. The number of hydrogen-bond acceptors (Lipinski definition) is 4. The zero-order valence-corrected chi connectivity index (χ0v) is 13.7. The van der Waals surface area contributed by atoms with Crippen LogP contribution < -0.4 is 4.74 Å². The lowest BCUT2D eigenvalue weighted by atomic mass is 10.1. The molecule has 2 rings (SSSR count). The first-order valence-electron chi connectivity index (χ1n) is 6.18. The largest absolute Gasteiger partial charge is 0.465 e. The van der Waals surface area contributed by atoms with Crippen molar-refractivity contribution in [3.05, 3.63) is 62.7 Å². The van der Waals surface area contributed by atoms with Crippen molar-refractivity contribution in [3.8, 4) is 5.75 Å². The van der Waals surface area contributed by atoms with Crippen LogP contribution in [0.15, 0.2) is 42.5 Å². The van der Waals surface area contributed by atoms with E-state index in [9.17, 15) is 9.59 Å². The van der Waals surface area contributed by atoms with Gasteiger partial charge in [0.05, 0.1) is 18.2 Å². The third-order valence-electron chi connectivity index (χ3n) is 2.90. The molecular formula is C16H13IO4. The van der Waals surface area contributed by atoms with Gasteiger partial charge in [-0.05, 0) is 65.4 Å². The van der Waals surface area contributed by atoms with E-state index in [1.807, 2.05) is 19.1 Å². The molecule has 0 fully saturated rings. The molecule has 0 heterocycles. The Kier molecular flexibility index (Phi) is 4.95. The highest BCUT2D eigenvalue weighted by Crippen LogP contribution is 2.20. The zero-order valence-electron chi connectivity index (χ0n) is 11.6. The molecule has 2 aromatic rings. The summed E-state index contributed by atoms with van der Waals surface area (Å²) in [7, 11) is 1.32. The van der Waals surface area contributed by atoms with Crippen molar-refractivity contribution in [2.24, 2.45) is 0 Å². The molecule has 0 radical (unpaired) electrons. The summed E-state index contributed by atoms with van der Waals surface area (Å²) in [6.45, 7) is 1.93. The summed E-state index contributed by atoms with van der Waals surface area (Å²) in [5, 5.41) is 0. The number of rotatable bonds is 3. The lowest BCUT2D eigenvalue weighted by Crippen LogP contribution is -2.11. The fourth-order valence-electron chi connectivity index (χ4n) is 1.74. The van der Waals surface area contributed by atoms with Crippen molar-refractivity contribution in [2.75, 3.05) is 7.11 Å². The molecule has 0 aromatic heterocycles. The molecule has 0 aliphatic heterocycles. The van der Waals surface area contributed by atoms with Gasteiger partial charge in [0.2, 0.25) is 0 Å². The maximum atomic E-state index is 12.1. The van der Waals surface area contributed by atoms with Crippen molar-refractivity contribution in [1.29, 1.82) is 0 Å². The van der Waals surface area contributed by atoms with Crippen LogP contribution in [0.5, 0.6) is 5.75 Å². The molecule has 0 spiro atoms. The van der Waals surface area contributed by atoms with Crippen LogP contribution in [0.4, 0.5) is 0 Å². The number of carbonyl (C=O) groups excluding carboxylic acids is 2. The Morgan fingerprint density at radius 3 is 2.29 bits per heavy atom. The van der Waals surface area contributed by atoms with Gasteiger partial charge < -0.3 is 9.47 Å². The second-order valence-corrected chi connectivity index (χ2v) is 5.42. The van der Waals surface area contributed by atoms with Gasteiger partial charge in [0.1, 0.15) is 5.75 Å². The Hall–Kier alpha value is -1.89. The number of esters is 2. The molecule has 0 aliphatic carbocycles. The Labute approximate surface area is 136 Å². The molecular weight excluding hydrogens is 383 g/mol. The molecule has 0 amide bonds. The van der Waals surface area contributed by atoms with Gasteiger partial charge in [-0.25, -0.2) is 9.59 Å². The van der Waals surface area contributed by atoms with Crippen molar-refractivity contribution in [3.63, 3.8) is 0 Å². The highest BCUT2D eigenvalue weighted by atomic mass is 127. The molecule has 0 N–H and O–H groups in total. The Balaban J connectivity index is 2.16. The zero-order chi connectivity index (χ0) is 15.4. The van der Waals surface area contributed by atoms with E-state index in [0.29, 0.717) is 16.9 Å². The molecule has 21 heavy (non-hydrogen) atoms. The number of benzene rings is 2. The normalized spacial score (nSPS) is 10.0. The quantitative estimate of drug-likeness (QED) is 0.452. The molecule has 0 saturated heterocycles. The Bertz CT molecular complexity index is 677. The fraction of sp³-hybridized carbons (Fsp3) is 0.125. The molecule has 0 aliphatic rings. The van der Waals surface area contributed by atoms with E-state index in [4.69, 9.17) is 4.74 Å². The highest BCUT2D eigenvalue weighted by Gasteiger charge is 2.14. The van der Waals surface area contributed by atoms with E-state index >= 15 is 0 Å². The van der Waals surface area contributed by atoms with Gasteiger partial charge in [-0.15, -0.1) is 0 Å². The van der Waals surface area contributed by atoms with E-state index < -0.39 is 11.9 Å². The van der Waals surface area contributed by atoms with Gasteiger partial charge in [0, 0.05) is 3.57 Å². The second kappa shape index (κ2) is 6.71. The summed E-state index contributed by atoms with van der Waals surface area (Å²) in [4.78, 5) is 23.5. The first-order chi connectivity index (χ1) is 10.0. The predicted octanol–water partition coefficient (Wildman–Crippen LogP) is 3.61. The van der Waals surface area contributed by atoms with Gasteiger partial charge in [0.15, 0.2) is 0 Å². The van der Waals surface area contributed by atoms with Crippen molar-refractivity contribution < 1.29 is 19.1 Å². The molecule has 108 valence electrons. The monoisotopic (exact) mass is 396 g/mol. The molecule has 4 nitrogen and oxygen atoms in total. The smallest absolute Gasteiger partial charge is 0.344 e. The standard InChI is InChI=1S/C16H13IO4/c1-10-4-3-5-13(14(10)17)16(19)21-12-8-6-11(7-9-12)15(18)20-2/h3-9H,1-2H3. The number of hydrogen-bond donors (Lipinski definition) is 0. The summed E-state index contributed by atoms with van der Waals surface area (Å²) in [5.74, 6) is -0.472. The van der Waals surface area contributed by atoms with Crippen molar-refractivity contribution in [1.82, 2.24) is 0 Å². The Morgan fingerprint density at radius 1 is 1.00 bits per heavy atom. The number of halogens is 1.